The average Bonchev–Trinajstić information content (AvgIpc) is 2.58. The Morgan fingerprint density at radius 2 is 1.83 bits per heavy atom. The van der Waals surface area contributed by atoms with E-state index < -0.39 is 0 Å². The van der Waals surface area contributed by atoms with E-state index in [9.17, 15) is 0 Å². The molecule has 0 spiro atoms. The maximum Gasteiger partial charge on any atom is 0.124 e. The zero-order valence-electron chi connectivity index (χ0n) is 13.4. The van der Waals surface area contributed by atoms with Crippen molar-refractivity contribution in [1.82, 2.24) is 10.2 Å². The van der Waals surface area contributed by atoms with Gasteiger partial charge in [-0.3, -0.25) is 4.90 Å². The zero-order valence-corrected chi connectivity index (χ0v) is 16.5. The molecule has 24 heavy (non-hydrogen) atoms. The number of halogens is 3. The summed E-state index contributed by atoms with van der Waals surface area (Å²) >= 11 is 16.2. The van der Waals surface area contributed by atoms with Gasteiger partial charge in [0.05, 0.1) is 13.2 Å². The molecule has 0 bridgehead atoms. The van der Waals surface area contributed by atoms with Gasteiger partial charge < -0.3 is 10.1 Å². The molecule has 3 rings (SSSR count). The first-order valence-corrected chi connectivity index (χ1v) is 9.38. The number of methoxy groups -OCH3 is 1. The molecule has 1 aliphatic rings. The lowest BCUT2D eigenvalue weighted by atomic mass is 9.95. The summed E-state index contributed by atoms with van der Waals surface area (Å²) in [5.41, 5.74) is 2.14. The molecular weight excluding hydrogens is 411 g/mol. The van der Waals surface area contributed by atoms with Crippen molar-refractivity contribution in [2.75, 3.05) is 33.3 Å². The van der Waals surface area contributed by atoms with Crippen molar-refractivity contribution in [3.05, 3.63) is 62.0 Å². The van der Waals surface area contributed by atoms with Crippen LogP contribution in [-0.2, 0) is 0 Å². The van der Waals surface area contributed by atoms with Crippen LogP contribution in [0.4, 0.5) is 0 Å². The van der Waals surface area contributed by atoms with E-state index in [0.29, 0.717) is 10.0 Å². The highest BCUT2D eigenvalue weighted by Gasteiger charge is 2.28. The van der Waals surface area contributed by atoms with Crippen molar-refractivity contribution in [3.63, 3.8) is 0 Å². The van der Waals surface area contributed by atoms with Gasteiger partial charge in [-0.1, -0.05) is 45.2 Å². The van der Waals surface area contributed by atoms with Crippen molar-refractivity contribution >= 4 is 39.1 Å². The van der Waals surface area contributed by atoms with Crippen LogP contribution in [0.5, 0.6) is 5.75 Å². The van der Waals surface area contributed by atoms with Gasteiger partial charge in [0.25, 0.3) is 0 Å². The third-order valence-corrected chi connectivity index (χ3v) is 5.32. The molecule has 1 N–H and O–H groups in total. The van der Waals surface area contributed by atoms with Crippen LogP contribution in [0.25, 0.3) is 0 Å². The summed E-state index contributed by atoms with van der Waals surface area (Å²) in [6.45, 7) is 3.80. The molecule has 0 amide bonds. The summed E-state index contributed by atoms with van der Waals surface area (Å²) in [5.74, 6) is 0.854. The molecule has 2 aromatic rings. The number of nitrogens with zero attached hydrogens (tertiary/aromatic N) is 1. The Kier molecular flexibility index (Phi) is 6.06. The SMILES string of the molecule is COc1ccc(Br)cc1C(c1ccc(Cl)cc1Cl)N1CCNCC1. The number of nitrogens with one attached hydrogen (secondary N) is 1. The standard InChI is InChI=1S/C18H19BrCl2N2O/c1-24-17-5-2-12(19)10-15(17)18(23-8-6-22-7-9-23)14-4-3-13(20)11-16(14)21/h2-5,10-11,18,22H,6-9H2,1H3. The lowest BCUT2D eigenvalue weighted by Crippen LogP contribution is -2.45. The summed E-state index contributed by atoms with van der Waals surface area (Å²) in [4.78, 5) is 2.43. The highest BCUT2D eigenvalue weighted by atomic mass is 79.9. The molecule has 1 saturated heterocycles. The van der Waals surface area contributed by atoms with Gasteiger partial charge in [-0.15, -0.1) is 0 Å². The molecule has 1 aliphatic heterocycles. The first kappa shape index (κ1) is 18.0. The molecule has 128 valence electrons. The zero-order chi connectivity index (χ0) is 17.1. The fourth-order valence-corrected chi connectivity index (χ4v) is 4.03. The second kappa shape index (κ2) is 8.07. The minimum atomic E-state index is 0.0179. The number of piperazine rings is 1. The third-order valence-electron chi connectivity index (χ3n) is 4.26. The molecule has 1 heterocycles. The van der Waals surface area contributed by atoms with Crippen LogP contribution in [0.1, 0.15) is 17.2 Å². The number of ether oxygens (including phenoxy) is 1. The smallest absolute Gasteiger partial charge is 0.124 e. The number of benzene rings is 2. The summed E-state index contributed by atoms with van der Waals surface area (Å²) in [5, 5.41) is 4.72. The van der Waals surface area contributed by atoms with Crippen LogP contribution >= 0.6 is 39.1 Å². The lowest BCUT2D eigenvalue weighted by molar-refractivity contribution is 0.195. The second-order valence-corrected chi connectivity index (χ2v) is 7.50. The van der Waals surface area contributed by atoms with E-state index in [4.69, 9.17) is 27.9 Å². The van der Waals surface area contributed by atoms with Crippen LogP contribution in [0.2, 0.25) is 10.0 Å². The van der Waals surface area contributed by atoms with Gasteiger partial charge in [0.1, 0.15) is 5.75 Å². The van der Waals surface area contributed by atoms with Gasteiger partial charge in [-0.2, -0.15) is 0 Å². The summed E-state index contributed by atoms with van der Waals surface area (Å²) in [7, 11) is 1.70. The van der Waals surface area contributed by atoms with Crippen molar-refractivity contribution in [2.45, 2.75) is 6.04 Å². The molecule has 0 aromatic heterocycles. The van der Waals surface area contributed by atoms with Crippen LogP contribution in [0, 0.1) is 0 Å². The van der Waals surface area contributed by atoms with Gasteiger partial charge in [0.2, 0.25) is 0 Å². The summed E-state index contributed by atoms with van der Waals surface area (Å²) in [6, 6.07) is 11.8. The normalized spacial score (nSPS) is 16.8. The predicted molar refractivity (Wildman–Crippen MR) is 103 cm³/mol. The van der Waals surface area contributed by atoms with Crippen molar-refractivity contribution in [3.8, 4) is 5.75 Å². The third kappa shape index (κ3) is 3.89. The van der Waals surface area contributed by atoms with Gasteiger partial charge >= 0.3 is 0 Å². The van der Waals surface area contributed by atoms with Crippen LogP contribution in [0.3, 0.4) is 0 Å². The van der Waals surface area contributed by atoms with Gasteiger partial charge in [0, 0.05) is 46.3 Å². The maximum atomic E-state index is 6.55. The Morgan fingerprint density at radius 3 is 2.50 bits per heavy atom. The highest BCUT2D eigenvalue weighted by molar-refractivity contribution is 9.10. The monoisotopic (exact) mass is 428 g/mol. The van der Waals surface area contributed by atoms with Crippen LogP contribution in [0.15, 0.2) is 40.9 Å². The molecule has 3 nitrogen and oxygen atoms in total. The van der Waals surface area contributed by atoms with E-state index in [1.165, 1.54) is 0 Å². The average molecular weight is 430 g/mol. The minimum absolute atomic E-state index is 0.0179. The fraction of sp³-hybridized carbons (Fsp3) is 0.333. The molecule has 6 heteroatoms. The Labute approximate surface area is 161 Å². The second-order valence-electron chi connectivity index (χ2n) is 5.74. The molecule has 1 unspecified atom stereocenters. The number of hydrogen-bond donors (Lipinski definition) is 1. The Bertz CT molecular complexity index is 720. The van der Waals surface area contributed by atoms with Gasteiger partial charge in [-0.25, -0.2) is 0 Å². The Balaban J connectivity index is 2.13. The van der Waals surface area contributed by atoms with E-state index in [1.54, 1.807) is 13.2 Å². The lowest BCUT2D eigenvalue weighted by Gasteiger charge is -2.36. The van der Waals surface area contributed by atoms with Crippen LogP contribution in [-0.4, -0.2) is 38.2 Å². The maximum absolute atomic E-state index is 6.55. The predicted octanol–water partition coefficient (Wildman–Crippen LogP) is 4.76. The molecule has 2 aromatic carbocycles. The van der Waals surface area contributed by atoms with E-state index in [-0.39, 0.29) is 6.04 Å². The highest BCUT2D eigenvalue weighted by Crippen LogP contribution is 2.39. The van der Waals surface area contributed by atoms with Gasteiger partial charge in [-0.05, 0) is 35.9 Å². The molecule has 0 aliphatic carbocycles. The molecular formula is C18H19BrCl2N2O. The van der Waals surface area contributed by atoms with E-state index >= 15 is 0 Å². The van der Waals surface area contributed by atoms with Crippen molar-refractivity contribution < 1.29 is 4.74 Å². The molecule has 1 fully saturated rings. The first-order chi connectivity index (χ1) is 11.6. The molecule has 0 radical (unpaired) electrons. The minimum Gasteiger partial charge on any atom is -0.496 e. The molecule has 0 saturated carbocycles. The summed E-state index contributed by atoms with van der Waals surface area (Å²) < 4.78 is 6.64. The first-order valence-electron chi connectivity index (χ1n) is 7.83. The fourth-order valence-electron chi connectivity index (χ4n) is 3.14. The molecule has 1 atom stereocenters. The van der Waals surface area contributed by atoms with E-state index in [1.807, 2.05) is 24.3 Å². The van der Waals surface area contributed by atoms with E-state index in [2.05, 4.69) is 32.2 Å². The van der Waals surface area contributed by atoms with Crippen molar-refractivity contribution in [1.29, 1.82) is 0 Å². The Hall–Kier alpha value is -0.780. The largest absolute Gasteiger partial charge is 0.496 e. The topological polar surface area (TPSA) is 24.5 Å². The number of hydrogen-bond acceptors (Lipinski definition) is 3. The van der Waals surface area contributed by atoms with Crippen LogP contribution < -0.4 is 10.1 Å². The van der Waals surface area contributed by atoms with E-state index in [0.717, 1.165) is 47.5 Å². The quantitative estimate of drug-likeness (QED) is 0.758. The van der Waals surface area contributed by atoms with Crippen molar-refractivity contribution in [2.24, 2.45) is 0 Å². The Morgan fingerprint density at radius 1 is 1.08 bits per heavy atom. The number of rotatable bonds is 4. The summed E-state index contributed by atoms with van der Waals surface area (Å²) in [6.07, 6.45) is 0. The van der Waals surface area contributed by atoms with Gasteiger partial charge in [0.15, 0.2) is 0 Å².